The van der Waals surface area contributed by atoms with Crippen LogP contribution in [0.15, 0.2) is 18.2 Å². The summed E-state index contributed by atoms with van der Waals surface area (Å²) < 4.78 is 39.2. The van der Waals surface area contributed by atoms with Gasteiger partial charge in [0.1, 0.15) is 15.7 Å². The fourth-order valence-electron chi connectivity index (χ4n) is 6.22. The second-order valence-electron chi connectivity index (χ2n) is 11.2. The van der Waals surface area contributed by atoms with Gasteiger partial charge in [0.2, 0.25) is 0 Å². The Kier molecular flexibility index (Phi) is 8.63. The van der Waals surface area contributed by atoms with Gasteiger partial charge in [0.25, 0.3) is 17.6 Å². The number of nitrogens with zero attached hydrogens (tertiary/aromatic N) is 1. The first-order chi connectivity index (χ1) is 18.4. The summed E-state index contributed by atoms with van der Waals surface area (Å²) in [6.45, 7) is 3.31. The molecule has 1 heterocycles. The molecule has 2 saturated carbocycles. The number of aromatic nitrogens is 1. The van der Waals surface area contributed by atoms with Gasteiger partial charge in [-0.1, -0.05) is 19.3 Å². The first-order valence-electron chi connectivity index (χ1n) is 13.7. The van der Waals surface area contributed by atoms with Crippen molar-refractivity contribution < 1.29 is 27.2 Å². The monoisotopic (exact) mass is 559 g/mol. The number of sulfone groups is 1. The molecule has 2 aliphatic carbocycles. The number of halogens is 1. The Morgan fingerprint density at radius 1 is 0.974 bits per heavy atom. The number of rotatable bonds is 7. The molecule has 1 aromatic heterocycles. The molecule has 10 heteroatoms. The molecule has 0 atom stereocenters. The highest BCUT2D eigenvalue weighted by Crippen LogP contribution is 2.38. The fourth-order valence-corrected chi connectivity index (χ4v) is 7.35. The molecule has 39 heavy (non-hydrogen) atoms. The van der Waals surface area contributed by atoms with Gasteiger partial charge in [0.05, 0.1) is 16.5 Å². The van der Waals surface area contributed by atoms with E-state index in [9.17, 15) is 27.2 Å². The van der Waals surface area contributed by atoms with Crippen molar-refractivity contribution in [1.82, 2.24) is 9.88 Å². The number of hydrogen-bond acceptors (Lipinski definition) is 5. The van der Waals surface area contributed by atoms with Crippen LogP contribution in [-0.4, -0.2) is 48.1 Å². The van der Waals surface area contributed by atoms with Gasteiger partial charge in [-0.15, -0.1) is 0 Å². The zero-order valence-corrected chi connectivity index (χ0v) is 23.9. The Balaban J connectivity index is 1.61. The molecule has 2 amide bonds. The predicted octanol–water partition coefficient (Wildman–Crippen LogP) is 4.74. The van der Waals surface area contributed by atoms with Gasteiger partial charge in [-0.25, -0.2) is 12.8 Å². The van der Waals surface area contributed by atoms with Crippen LogP contribution in [0.4, 0.5) is 10.1 Å². The molecular weight excluding hydrogens is 521 g/mol. The molecule has 2 aliphatic rings. The molecule has 212 valence electrons. The van der Waals surface area contributed by atoms with Gasteiger partial charge < -0.3 is 15.2 Å². The van der Waals surface area contributed by atoms with Crippen LogP contribution in [0.2, 0.25) is 0 Å². The van der Waals surface area contributed by atoms with E-state index in [0.717, 1.165) is 37.8 Å². The minimum Gasteiger partial charge on any atom is -0.346 e. The van der Waals surface area contributed by atoms with E-state index in [1.165, 1.54) is 18.4 Å². The maximum absolute atomic E-state index is 13.8. The Labute approximate surface area is 229 Å². The van der Waals surface area contributed by atoms with Crippen molar-refractivity contribution in [3.63, 3.8) is 0 Å². The highest BCUT2D eigenvalue weighted by Gasteiger charge is 2.35. The van der Waals surface area contributed by atoms with E-state index in [1.807, 2.05) is 0 Å². The summed E-state index contributed by atoms with van der Waals surface area (Å²) in [7, 11) is -1.41. The molecule has 0 spiro atoms. The fraction of sp³-hybridized carbons (Fsp3) is 0.552. The summed E-state index contributed by atoms with van der Waals surface area (Å²) in [5.74, 6) is -2.15. The van der Waals surface area contributed by atoms with Gasteiger partial charge in [-0.3, -0.25) is 14.4 Å². The van der Waals surface area contributed by atoms with Crippen LogP contribution in [0, 0.1) is 19.7 Å². The van der Waals surface area contributed by atoms with Crippen molar-refractivity contribution in [2.45, 2.75) is 88.8 Å². The number of amides is 2. The van der Waals surface area contributed by atoms with E-state index < -0.39 is 32.7 Å². The van der Waals surface area contributed by atoms with Crippen molar-refractivity contribution in [2.75, 3.05) is 11.6 Å². The Hall–Kier alpha value is -3.01. The van der Waals surface area contributed by atoms with Crippen LogP contribution in [-0.2, 0) is 21.7 Å². The predicted molar refractivity (Wildman–Crippen MR) is 148 cm³/mol. The topological polar surface area (TPSA) is 114 Å². The number of hydrogen-bond donors (Lipinski definition) is 2. The van der Waals surface area contributed by atoms with Crippen LogP contribution in [0.1, 0.15) is 101 Å². The standard InChI is InChI=1S/C29H38FN3O5S/c1-17-16-21(12-15-23(17)30)32-28(35)24-18(2)25(33(3)26(24)19-8-6-5-7-9-19)27(34)29(36)31-20-10-13-22(14-11-20)39(4,37)38/h12,15-16,19-20,22H,5-11,13-14H2,1-4H3,(H,31,36)(H,32,35)/t20-,22+. The summed E-state index contributed by atoms with van der Waals surface area (Å²) >= 11 is 0. The molecular formula is C29H38FN3O5S. The van der Waals surface area contributed by atoms with Crippen LogP contribution >= 0.6 is 0 Å². The zero-order valence-electron chi connectivity index (χ0n) is 23.1. The SMILES string of the molecule is Cc1cc(NC(=O)c2c(C)c(C(=O)C(=O)N[C@H]3CC[C@@H](S(C)(=O)=O)CC3)n(C)c2C2CCCCC2)ccc1F. The molecule has 2 fully saturated rings. The lowest BCUT2D eigenvalue weighted by Gasteiger charge is -2.27. The van der Waals surface area contributed by atoms with E-state index in [2.05, 4.69) is 10.6 Å². The molecule has 2 aromatic rings. The minimum absolute atomic E-state index is 0.0778. The third kappa shape index (κ3) is 6.26. The molecule has 1 aromatic carbocycles. The molecule has 2 N–H and O–H groups in total. The lowest BCUT2D eigenvalue weighted by molar-refractivity contribution is -0.117. The summed E-state index contributed by atoms with van der Waals surface area (Å²) in [5.41, 5.74) is 2.61. The highest BCUT2D eigenvalue weighted by molar-refractivity contribution is 7.91. The molecule has 8 nitrogen and oxygen atoms in total. The van der Waals surface area contributed by atoms with Crippen LogP contribution in [0.25, 0.3) is 0 Å². The largest absolute Gasteiger partial charge is 0.346 e. The number of aryl methyl sites for hydroxylation is 1. The van der Waals surface area contributed by atoms with E-state index in [-0.39, 0.29) is 23.5 Å². The van der Waals surface area contributed by atoms with Crippen LogP contribution < -0.4 is 10.6 Å². The van der Waals surface area contributed by atoms with E-state index >= 15 is 0 Å². The number of benzene rings is 1. The third-order valence-electron chi connectivity index (χ3n) is 8.35. The lowest BCUT2D eigenvalue weighted by Crippen LogP contribution is -2.43. The Morgan fingerprint density at radius 2 is 1.62 bits per heavy atom. The van der Waals surface area contributed by atoms with Crippen molar-refractivity contribution in [1.29, 1.82) is 0 Å². The average Bonchev–Trinajstić information content (AvgIpc) is 3.15. The maximum atomic E-state index is 13.8. The number of carbonyl (C=O) groups excluding carboxylic acids is 3. The smallest absolute Gasteiger partial charge is 0.294 e. The first kappa shape index (κ1) is 29.0. The molecule has 0 radical (unpaired) electrons. The van der Waals surface area contributed by atoms with Gasteiger partial charge >= 0.3 is 0 Å². The Morgan fingerprint density at radius 3 is 2.21 bits per heavy atom. The van der Waals surface area contributed by atoms with Gasteiger partial charge in [-0.05, 0) is 81.7 Å². The van der Waals surface area contributed by atoms with Crippen molar-refractivity contribution in [3.8, 4) is 0 Å². The molecule has 4 rings (SSSR count). The second kappa shape index (κ2) is 11.6. The third-order valence-corrected chi connectivity index (χ3v) is 10.0. The first-order valence-corrected chi connectivity index (χ1v) is 15.6. The summed E-state index contributed by atoms with van der Waals surface area (Å²) in [4.78, 5) is 40.2. The van der Waals surface area contributed by atoms with Crippen molar-refractivity contribution in [3.05, 3.63) is 52.1 Å². The van der Waals surface area contributed by atoms with E-state index in [4.69, 9.17) is 0 Å². The lowest BCUT2D eigenvalue weighted by atomic mass is 9.85. The summed E-state index contributed by atoms with van der Waals surface area (Å²) in [6.07, 6.45) is 8.02. The molecule has 0 unspecified atom stereocenters. The normalized spacial score (nSPS) is 20.4. The molecule has 0 aliphatic heterocycles. The quantitative estimate of drug-likeness (QED) is 0.376. The number of Topliss-reactive ketones (excluding diaryl/α,β-unsaturated/α-hetero) is 1. The van der Waals surface area contributed by atoms with Gasteiger partial charge in [-0.2, -0.15) is 0 Å². The number of anilines is 1. The van der Waals surface area contributed by atoms with Crippen LogP contribution in [0.3, 0.4) is 0 Å². The van der Waals surface area contributed by atoms with Crippen LogP contribution in [0.5, 0.6) is 0 Å². The van der Waals surface area contributed by atoms with Gasteiger partial charge in [0.15, 0.2) is 0 Å². The molecule has 0 saturated heterocycles. The molecule has 0 bridgehead atoms. The highest BCUT2D eigenvalue weighted by atomic mass is 32.2. The second-order valence-corrected chi connectivity index (χ2v) is 13.5. The van der Waals surface area contributed by atoms with Crippen molar-refractivity contribution in [2.24, 2.45) is 7.05 Å². The zero-order chi connectivity index (χ0) is 28.5. The average molecular weight is 560 g/mol. The minimum atomic E-state index is -3.14. The maximum Gasteiger partial charge on any atom is 0.294 e. The summed E-state index contributed by atoms with van der Waals surface area (Å²) in [6, 6.07) is 4.08. The number of nitrogens with one attached hydrogen (secondary N) is 2. The van der Waals surface area contributed by atoms with E-state index in [1.54, 1.807) is 31.5 Å². The van der Waals surface area contributed by atoms with Gasteiger partial charge in [0, 0.05) is 36.6 Å². The number of carbonyl (C=O) groups is 3. The van der Waals surface area contributed by atoms with Crippen molar-refractivity contribution >= 4 is 33.1 Å². The summed E-state index contributed by atoms with van der Waals surface area (Å²) in [5, 5.41) is 5.24. The number of ketones is 1. The Bertz CT molecular complexity index is 1380. The van der Waals surface area contributed by atoms with E-state index in [0.29, 0.717) is 48.1 Å².